The maximum Gasteiger partial charge on any atom is 0.251 e. The van der Waals surface area contributed by atoms with Crippen molar-refractivity contribution in [2.45, 2.75) is 6.92 Å². The van der Waals surface area contributed by atoms with E-state index < -0.39 is 0 Å². The van der Waals surface area contributed by atoms with Gasteiger partial charge in [0.25, 0.3) is 5.56 Å². The standard InChI is InChI=1S/C22H16ClN3O2S/c1-13-11-20(28)26-22(24-13)14-5-4-6-15(12-14)25-19(27)10-9-18-21(23)16-7-2-3-8-17(16)29-18/h2-12H,1H3,(H,25,27)(H,24,26,28)/b10-9+. The van der Waals surface area contributed by atoms with Crippen LogP contribution in [0.3, 0.4) is 0 Å². The summed E-state index contributed by atoms with van der Waals surface area (Å²) in [5, 5.41) is 4.44. The third kappa shape index (κ3) is 4.29. The van der Waals surface area contributed by atoms with Gasteiger partial charge in [0.1, 0.15) is 5.82 Å². The number of hydrogen-bond acceptors (Lipinski definition) is 4. The zero-order valence-electron chi connectivity index (χ0n) is 15.4. The summed E-state index contributed by atoms with van der Waals surface area (Å²) >= 11 is 7.94. The highest BCUT2D eigenvalue weighted by Crippen LogP contribution is 2.35. The largest absolute Gasteiger partial charge is 0.322 e. The second-order valence-corrected chi connectivity index (χ2v) is 7.88. The van der Waals surface area contributed by atoms with E-state index in [0.29, 0.717) is 27.8 Å². The van der Waals surface area contributed by atoms with Gasteiger partial charge in [-0.1, -0.05) is 41.9 Å². The normalized spacial score (nSPS) is 11.2. The van der Waals surface area contributed by atoms with E-state index in [1.807, 2.05) is 30.3 Å². The monoisotopic (exact) mass is 421 g/mol. The fraction of sp³-hybridized carbons (Fsp3) is 0.0455. The Labute approximate surface area is 175 Å². The minimum absolute atomic E-state index is 0.218. The van der Waals surface area contributed by atoms with Gasteiger partial charge in [0.2, 0.25) is 5.91 Å². The molecule has 0 aliphatic carbocycles. The lowest BCUT2D eigenvalue weighted by Crippen LogP contribution is -2.10. The van der Waals surface area contributed by atoms with Crippen LogP contribution in [0, 0.1) is 6.92 Å². The van der Waals surface area contributed by atoms with Crippen LogP contribution < -0.4 is 10.9 Å². The van der Waals surface area contributed by atoms with Gasteiger partial charge in [0.15, 0.2) is 0 Å². The van der Waals surface area contributed by atoms with E-state index in [1.165, 1.54) is 23.5 Å². The molecule has 144 valence electrons. The highest BCUT2D eigenvalue weighted by Gasteiger charge is 2.08. The molecule has 4 aromatic rings. The molecule has 0 radical (unpaired) electrons. The number of carbonyl (C=O) groups is 1. The van der Waals surface area contributed by atoms with Crippen LogP contribution in [0.1, 0.15) is 10.6 Å². The number of amides is 1. The van der Waals surface area contributed by atoms with Crippen LogP contribution in [-0.2, 0) is 4.79 Å². The summed E-state index contributed by atoms with van der Waals surface area (Å²) in [5.41, 5.74) is 1.72. The molecule has 29 heavy (non-hydrogen) atoms. The van der Waals surface area contributed by atoms with E-state index in [2.05, 4.69) is 15.3 Å². The lowest BCUT2D eigenvalue weighted by atomic mass is 10.2. The Balaban J connectivity index is 1.53. The van der Waals surface area contributed by atoms with Crippen molar-refractivity contribution in [1.82, 2.24) is 9.97 Å². The second-order valence-electron chi connectivity index (χ2n) is 6.42. The number of thiophene rings is 1. The molecule has 0 aliphatic rings. The number of benzene rings is 2. The quantitative estimate of drug-likeness (QED) is 0.441. The average molecular weight is 422 g/mol. The molecule has 2 aromatic carbocycles. The molecule has 0 atom stereocenters. The molecule has 0 saturated carbocycles. The van der Waals surface area contributed by atoms with Gasteiger partial charge in [0.05, 0.1) is 5.02 Å². The number of halogens is 1. The molecule has 0 bridgehead atoms. The third-order valence-electron chi connectivity index (χ3n) is 4.22. The number of carbonyl (C=O) groups excluding carboxylic acids is 1. The summed E-state index contributed by atoms with van der Waals surface area (Å²) in [6.07, 6.45) is 3.17. The van der Waals surface area contributed by atoms with Crippen molar-refractivity contribution in [2.75, 3.05) is 5.32 Å². The molecule has 0 aliphatic heterocycles. The highest BCUT2D eigenvalue weighted by molar-refractivity contribution is 7.20. The summed E-state index contributed by atoms with van der Waals surface area (Å²) in [6.45, 7) is 1.76. The zero-order valence-corrected chi connectivity index (χ0v) is 17.0. The highest BCUT2D eigenvalue weighted by atomic mass is 35.5. The van der Waals surface area contributed by atoms with Crippen molar-refractivity contribution in [3.63, 3.8) is 0 Å². The number of aromatic nitrogens is 2. The SMILES string of the molecule is Cc1cc(=O)[nH]c(-c2cccc(NC(=O)/C=C/c3sc4ccccc4c3Cl)c2)n1. The number of rotatable bonds is 4. The molecule has 5 nitrogen and oxygen atoms in total. The fourth-order valence-electron chi connectivity index (χ4n) is 2.94. The van der Waals surface area contributed by atoms with Crippen molar-refractivity contribution in [3.8, 4) is 11.4 Å². The van der Waals surface area contributed by atoms with Crippen LogP contribution >= 0.6 is 22.9 Å². The Morgan fingerprint density at radius 1 is 1.17 bits per heavy atom. The number of nitrogens with zero attached hydrogens (tertiary/aromatic N) is 1. The smallest absolute Gasteiger partial charge is 0.251 e. The van der Waals surface area contributed by atoms with E-state index in [-0.39, 0.29) is 11.5 Å². The first-order chi connectivity index (χ1) is 14.0. The van der Waals surface area contributed by atoms with Crippen LogP contribution in [0.15, 0.2) is 65.5 Å². The molecule has 1 amide bonds. The molecule has 0 unspecified atom stereocenters. The van der Waals surface area contributed by atoms with Crippen molar-refractivity contribution < 1.29 is 4.79 Å². The van der Waals surface area contributed by atoms with E-state index >= 15 is 0 Å². The first kappa shape index (κ1) is 19.1. The fourth-order valence-corrected chi connectivity index (χ4v) is 4.33. The molecular formula is C22H16ClN3O2S. The van der Waals surface area contributed by atoms with Crippen molar-refractivity contribution in [2.24, 2.45) is 0 Å². The Morgan fingerprint density at radius 3 is 2.79 bits per heavy atom. The summed E-state index contributed by atoms with van der Waals surface area (Å²) in [7, 11) is 0. The molecule has 2 N–H and O–H groups in total. The predicted octanol–water partition coefficient (Wildman–Crippen LogP) is 5.27. The van der Waals surface area contributed by atoms with Crippen molar-refractivity contribution in [3.05, 3.63) is 86.6 Å². The summed E-state index contributed by atoms with van der Waals surface area (Å²) in [5.74, 6) is 0.181. The summed E-state index contributed by atoms with van der Waals surface area (Å²) < 4.78 is 1.07. The van der Waals surface area contributed by atoms with E-state index in [4.69, 9.17) is 11.6 Å². The minimum Gasteiger partial charge on any atom is -0.322 e. The lowest BCUT2D eigenvalue weighted by Gasteiger charge is -2.06. The van der Waals surface area contributed by atoms with E-state index in [0.717, 1.165) is 15.0 Å². The molecule has 2 heterocycles. The van der Waals surface area contributed by atoms with Crippen LogP contribution in [-0.4, -0.2) is 15.9 Å². The summed E-state index contributed by atoms with van der Waals surface area (Å²) in [4.78, 5) is 31.9. The summed E-state index contributed by atoms with van der Waals surface area (Å²) in [6, 6.07) is 16.4. The van der Waals surface area contributed by atoms with Crippen molar-refractivity contribution in [1.29, 1.82) is 0 Å². The number of H-pyrrole nitrogens is 1. The maximum atomic E-state index is 12.4. The van der Waals surface area contributed by atoms with Gasteiger partial charge in [-0.3, -0.25) is 9.59 Å². The number of anilines is 1. The minimum atomic E-state index is -0.277. The van der Waals surface area contributed by atoms with Crippen LogP contribution in [0.5, 0.6) is 0 Å². The molecule has 7 heteroatoms. The predicted molar refractivity (Wildman–Crippen MR) is 120 cm³/mol. The molecule has 0 saturated heterocycles. The van der Waals surface area contributed by atoms with Gasteiger partial charge in [-0.25, -0.2) is 4.98 Å². The molecule has 0 fully saturated rings. The molecule has 2 aromatic heterocycles. The van der Waals surface area contributed by atoms with Crippen molar-refractivity contribution >= 4 is 50.7 Å². The first-order valence-corrected chi connectivity index (χ1v) is 10.0. The second kappa shape index (κ2) is 8.03. The number of fused-ring (bicyclic) bond motifs is 1. The van der Waals surface area contributed by atoms with E-state index in [1.54, 1.807) is 31.2 Å². The van der Waals surface area contributed by atoms with Crippen LogP contribution in [0.25, 0.3) is 27.6 Å². The number of aryl methyl sites for hydroxylation is 1. The van der Waals surface area contributed by atoms with Gasteiger partial charge < -0.3 is 10.3 Å². The van der Waals surface area contributed by atoms with Gasteiger partial charge in [-0.15, -0.1) is 11.3 Å². The molecule has 4 rings (SSSR count). The van der Waals surface area contributed by atoms with Crippen LogP contribution in [0.4, 0.5) is 5.69 Å². The van der Waals surface area contributed by atoms with Gasteiger partial charge in [0, 0.05) is 44.1 Å². The topological polar surface area (TPSA) is 74.8 Å². The Kier molecular flexibility index (Phi) is 5.29. The van der Waals surface area contributed by atoms with Crippen LogP contribution in [0.2, 0.25) is 5.02 Å². The number of aromatic amines is 1. The molecular weight excluding hydrogens is 406 g/mol. The Bertz CT molecular complexity index is 1310. The van der Waals surface area contributed by atoms with Gasteiger partial charge in [-0.2, -0.15) is 0 Å². The maximum absolute atomic E-state index is 12.4. The van der Waals surface area contributed by atoms with Gasteiger partial charge in [-0.05, 0) is 31.2 Å². The lowest BCUT2D eigenvalue weighted by molar-refractivity contribution is -0.111. The zero-order chi connectivity index (χ0) is 20.4. The third-order valence-corrected chi connectivity index (χ3v) is 5.87. The molecule has 0 spiro atoms. The van der Waals surface area contributed by atoms with E-state index in [9.17, 15) is 9.59 Å². The Morgan fingerprint density at radius 2 is 2.00 bits per heavy atom. The average Bonchev–Trinajstić information content (AvgIpc) is 3.02. The number of hydrogen-bond donors (Lipinski definition) is 2. The Hall–Kier alpha value is -3.22. The first-order valence-electron chi connectivity index (χ1n) is 8.84. The van der Waals surface area contributed by atoms with Gasteiger partial charge >= 0.3 is 0 Å². The number of nitrogens with one attached hydrogen (secondary N) is 2.